The van der Waals surface area contributed by atoms with Crippen LogP contribution < -0.4 is 11.3 Å². The molecule has 96 valence electrons. The maximum Gasteiger partial charge on any atom is 0.239 e. The van der Waals surface area contributed by atoms with Crippen LogP contribution in [0.25, 0.3) is 5.82 Å². The Morgan fingerprint density at radius 3 is 2.72 bits per heavy atom. The van der Waals surface area contributed by atoms with Crippen LogP contribution in [0, 0.1) is 6.92 Å². The van der Waals surface area contributed by atoms with Crippen LogP contribution in [-0.4, -0.2) is 19.7 Å². The Bertz CT molecular complexity index is 545. The van der Waals surface area contributed by atoms with E-state index >= 15 is 0 Å². The molecule has 0 bridgehead atoms. The van der Waals surface area contributed by atoms with Gasteiger partial charge in [-0.3, -0.25) is 5.43 Å². The molecule has 0 spiro atoms. The molecule has 2 aromatic heterocycles. The second-order valence-electron chi connectivity index (χ2n) is 4.09. The van der Waals surface area contributed by atoms with Gasteiger partial charge in [-0.25, -0.2) is 15.5 Å². The highest BCUT2D eigenvalue weighted by Crippen LogP contribution is 2.16. The molecule has 0 aromatic carbocycles. The molecule has 3 N–H and O–H groups in total. The Morgan fingerprint density at radius 1 is 1.33 bits per heavy atom. The van der Waals surface area contributed by atoms with E-state index in [0.29, 0.717) is 5.95 Å². The van der Waals surface area contributed by atoms with E-state index in [1.54, 1.807) is 6.20 Å². The summed E-state index contributed by atoms with van der Waals surface area (Å²) >= 11 is 0. The van der Waals surface area contributed by atoms with Crippen molar-refractivity contribution in [3.05, 3.63) is 29.2 Å². The summed E-state index contributed by atoms with van der Waals surface area (Å²) < 4.78 is 1.87. The maximum atomic E-state index is 5.34. The molecule has 6 nitrogen and oxygen atoms in total. The second-order valence-corrected chi connectivity index (χ2v) is 4.09. The van der Waals surface area contributed by atoms with E-state index in [0.717, 1.165) is 35.6 Å². The van der Waals surface area contributed by atoms with Gasteiger partial charge in [-0.1, -0.05) is 13.8 Å². The van der Waals surface area contributed by atoms with Crippen molar-refractivity contribution in [2.75, 3.05) is 5.43 Å². The van der Waals surface area contributed by atoms with Crippen molar-refractivity contribution < 1.29 is 0 Å². The smallest absolute Gasteiger partial charge is 0.239 e. The van der Waals surface area contributed by atoms with Gasteiger partial charge in [0.1, 0.15) is 0 Å². The van der Waals surface area contributed by atoms with Crippen LogP contribution in [0.5, 0.6) is 0 Å². The lowest BCUT2D eigenvalue weighted by Gasteiger charge is -2.09. The molecule has 0 saturated carbocycles. The van der Waals surface area contributed by atoms with E-state index in [4.69, 9.17) is 5.84 Å². The summed E-state index contributed by atoms with van der Waals surface area (Å²) in [6.07, 6.45) is 3.55. The van der Waals surface area contributed by atoms with Crippen molar-refractivity contribution in [3.8, 4) is 5.82 Å². The van der Waals surface area contributed by atoms with Crippen LogP contribution in [0.15, 0.2) is 12.3 Å². The summed E-state index contributed by atoms with van der Waals surface area (Å²) in [4.78, 5) is 8.45. The minimum atomic E-state index is 0.395. The first kappa shape index (κ1) is 12.5. The van der Waals surface area contributed by atoms with Crippen LogP contribution in [0.2, 0.25) is 0 Å². The van der Waals surface area contributed by atoms with Gasteiger partial charge in [-0.2, -0.15) is 10.1 Å². The molecule has 0 fully saturated rings. The minimum absolute atomic E-state index is 0.395. The van der Waals surface area contributed by atoms with E-state index in [-0.39, 0.29) is 0 Å². The van der Waals surface area contributed by atoms with Gasteiger partial charge in [0.15, 0.2) is 5.82 Å². The zero-order chi connectivity index (χ0) is 13.1. The number of nitrogens with zero attached hydrogens (tertiary/aromatic N) is 4. The number of aromatic nitrogens is 4. The summed E-state index contributed by atoms with van der Waals surface area (Å²) in [6, 6.07) is 2.11. The summed E-state index contributed by atoms with van der Waals surface area (Å²) in [5.41, 5.74) is 5.62. The molecule has 18 heavy (non-hydrogen) atoms. The monoisotopic (exact) mass is 246 g/mol. The first-order valence-corrected chi connectivity index (χ1v) is 6.08. The first-order valence-electron chi connectivity index (χ1n) is 6.08. The third kappa shape index (κ3) is 2.19. The molecule has 0 aliphatic carbocycles. The van der Waals surface area contributed by atoms with E-state index < -0.39 is 0 Å². The Kier molecular flexibility index (Phi) is 3.57. The van der Waals surface area contributed by atoms with Gasteiger partial charge in [-0.05, 0) is 25.8 Å². The van der Waals surface area contributed by atoms with Gasteiger partial charge in [0.2, 0.25) is 5.95 Å². The molecule has 2 aromatic rings. The molecule has 0 saturated heterocycles. The van der Waals surface area contributed by atoms with Crippen LogP contribution in [0.4, 0.5) is 5.95 Å². The van der Waals surface area contributed by atoms with Crippen molar-refractivity contribution in [2.24, 2.45) is 5.84 Å². The van der Waals surface area contributed by atoms with Gasteiger partial charge < -0.3 is 0 Å². The second kappa shape index (κ2) is 5.14. The maximum absolute atomic E-state index is 5.34. The van der Waals surface area contributed by atoms with Crippen LogP contribution in [0.3, 0.4) is 0 Å². The Balaban J connectivity index is 2.56. The number of hydrazine groups is 1. The molecule has 0 amide bonds. The molecule has 0 atom stereocenters. The first-order chi connectivity index (χ1) is 8.69. The molecule has 2 rings (SSSR count). The van der Waals surface area contributed by atoms with E-state index in [2.05, 4.69) is 40.4 Å². The Morgan fingerprint density at radius 2 is 2.11 bits per heavy atom. The molecular weight excluding hydrogens is 228 g/mol. The van der Waals surface area contributed by atoms with Crippen molar-refractivity contribution >= 4 is 5.95 Å². The Hall–Kier alpha value is -1.95. The molecule has 0 unspecified atom stereocenters. The van der Waals surface area contributed by atoms with Gasteiger partial charge in [0.25, 0.3) is 0 Å². The average Bonchev–Trinajstić information content (AvgIpc) is 2.82. The van der Waals surface area contributed by atoms with Gasteiger partial charge in [-0.15, -0.1) is 0 Å². The number of anilines is 1. The van der Waals surface area contributed by atoms with E-state index in [1.807, 2.05) is 11.6 Å². The highest BCUT2D eigenvalue weighted by molar-refractivity contribution is 5.38. The highest BCUT2D eigenvalue weighted by Gasteiger charge is 2.12. The lowest BCUT2D eigenvalue weighted by atomic mass is 10.2. The topological polar surface area (TPSA) is 81.7 Å². The van der Waals surface area contributed by atoms with Crippen LogP contribution >= 0.6 is 0 Å². The number of hydrogen-bond acceptors (Lipinski definition) is 5. The average molecular weight is 246 g/mol. The molecule has 2 heterocycles. The Labute approximate surface area is 106 Å². The standard InChI is InChI=1S/C12H18N6/c1-4-9-6-10(5-2)18(17-9)11-8(3)7-14-12(15-11)16-13/h6-7H,4-5,13H2,1-3H3,(H,14,15,16). The van der Waals surface area contributed by atoms with E-state index in [1.165, 1.54) is 0 Å². The van der Waals surface area contributed by atoms with Crippen molar-refractivity contribution in [3.63, 3.8) is 0 Å². The SMILES string of the molecule is CCc1cc(CC)n(-c2nc(NN)ncc2C)n1. The predicted molar refractivity (Wildman–Crippen MR) is 70.5 cm³/mol. The largest absolute Gasteiger partial charge is 0.292 e. The van der Waals surface area contributed by atoms with Crippen LogP contribution in [0.1, 0.15) is 30.8 Å². The zero-order valence-electron chi connectivity index (χ0n) is 10.9. The third-order valence-corrected chi connectivity index (χ3v) is 2.83. The van der Waals surface area contributed by atoms with Crippen molar-refractivity contribution in [2.45, 2.75) is 33.6 Å². The van der Waals surface area contributed by atoms with Crippen molar-refractivity contribution in [1.29, 1.82) is 0 Å². The molecule has 6 heteroatoms. The summed E-state index contributed by atoms with van der Waals surface area (Å²) in [7, 11) is 0. The number of nitrogens with two attached hydrogens (primary N) is 1. The quantitative estimate of drug-likeness (QED) is 0.629. The number of hydrogen-bond donors (Lipinski definition) is 2. The van der Waals surface area contributed by atoms with E-state index in [9.17, 15) is 0 Å². The number of aryl methyl sites for hydroxylation is 3. The lowest BCUT2D eigenvalue weighted by Crippen LogP contribution is -2.14. The van der Waals surface area contributed by atoms with Gasteiger partial charge in [0, 0.05) is 17.5 Å². The third-order valence-electron chi connectivity index (χ3n) is 2.83. The fraction of sp³-hybridized carbons (Fsp3) is 0.417. The molecule has 0 aliphatic heterocycles. The summed E-state index contributed by atoms with van der Waals surface area (Å²) in [6.45, 7) is 6.15. The molecule has 0 aliphatic rings. The normalized spacial score (nSPS) is 10.7. The lowest BCUT2D eigenvalue weighted by molar-refractivity contribution is 0.763. The van der Waals surface area contributed by atoms with Gasteiger partial charge in [0.05, 0.1) is 5.69 Å². The highest BCUT2D eigenvalue weighted by atomic mass is 15.4. The molecule has 0 radical (unpaired) electrons. The number of nitrogens with one attached hydrogen (secondary N) is 1. The summed E-state index contributed by atoms with van der Waals surface area (Å²) in [5, 5.41) is 4.56. The fourth-order valence-electron chi connectivity index (χ4n) is 1.80. The molecular formula is C12H18N6. The summed E-state index contributed by atoms with van der Waals surface area (Å²) in [5.74, 6) is 6.51. The minimum Gasteiger partial charge on any atom is -0.292 e. The number of rotatable bonds is 4. The van der Waals surface area contributed by atoms with Crippen LogP contribution in [-0.2, 0) is 12.8 Å². The fourth-order valence-corrected chi connectivity index (χ4v) is 1.80. The predicted octanol–water partition coefficient (Wildman–Crippen LogP) is 1.38. The van der Waals surface area contributed by atoms with Crippen molar-refractivity contribution in [1.82, 2.24) is 19.7 Å². The van der Waals surface area contributed by atoms with Gasteiger partial charge >= 0.3 is 0 Å². The number of nitrogen functional groups attached to an aromatic ring is 1. The zero-order valence-corrected chi connectivity index (χ0v) is 10.9.